The average molecular weight is 357 g/mol. The van der Waals surface area contributed by atoms with Crippen LogP contribution in [0.5, 0.6) is 0 Å². The van der Waals surface area contributed by atoms with Crippen LogP contribution in [0.25, 0.3) is 4.98 Å². The van der Waals surface area contributed by atoms with Crippen molar-refractivity contribution in [3.05, 3.63) is 39.1 Å². The maximum atomic E-state index is 6.21. The summed E-state index contributed by atoms with van der Waals surface area (Å²) < 4.78 is 6.21. The molecule has 126 valence electrons. The van der Waals surface area contributed by atoms with Crippen molar-refractivity contribution in [2.75, 3.05) is 7.05 Å². The number of ether oxygens (including phenoxy) is 1. The van der Waals surface area contributed by atoms with Crippen LogP contribution in [-0.2, 0) is 26.5 Å². The van der Waals surface area contributed by atoms with Crippen molar-refractivity contribution in [1.29, 1.82) is 0 Å². The summed E-state index contributed by atoms with van der Waals surface area (Å²) in [6.07, 6.45) is 8.58. The monoisotopic (exact) mass is 357 g/mol. The molecule has 1 heterocycles. The Kier molecular flexibility index (Phi) is 10.2. The van der Waals surface area contributed by atoms with Gasteiger partial charge >= 0.3 is 21.7 Å². The quantitative estimate of drug-likeness (QED) is 0.462. The number of nitrogens with zero attached hydrogens (tertiary/aromatic N) is 1. The number of hydrogen-bond acceptors (Lipinski definition) is 1. The molecule has 5 atom stereocenters. The van der Waals surface area contributed by atoms with Crippen LogP contribution in [0.15, 0.2) is 11.8 Å². The predicted molar refractivity (Wildman–Crippen MR) is 97.3 cm³/mol. The Morgan fingerprint density at radius 2 is 1.64 bits per heavy atom. The summed E-state index contributed by atoms with van der Waals surface area (Å²) in [5.41, 5.74) is 0.742. The summed E-state index contributed by atoms with van der Waals surface area (Å²) in [4.78, 5) is 4.81. The van der Waals surface area contributed by atoms with Crippen LogP contribution >= 0.6 is 0 Å². The van der Waals surface area contributed by atoms with Crippen LogP contribution in [0.4, 0.5) is 0 Å². The molecule has 2 saturated carbocycles. The summed E-state index contributed by atoms with van der Waals surface area (Å²) in [5.74, 6) is 3.65. The normalized spacial score (nSPS) is 35.3. The molecule has 0 spiro atoms. The molecular weight excluding hydrogens is 322 g/mol. The van der Waals surface area contributed by atoms with E-state index in [-0.39, 0.29) is 44.0 Å². The molecule has 3 rings (SSSR count). The van der Waals surface area contributed by atoms with E-state index in [1.54, 1.807) is 0 Å². The molecule has 22 heavy (non-hydrogen) atoms. The molecule has 0 radical (unpaired) electrons. The van der Waals surface area contributed by atoms with Gasteiger partial charge in [-0.05, 0) is 36.8 Å². The van der Waals surface area contributed by atoms with Crippen LogP contribution < -0.4 is 0 Å². The van der Waals surface area contributed by atoms with E-state index < -0.39 is 8.24 Å². The third kappa shape index (κ3) is 3.91. The second-order valence-electron chi connectivity index (χ2n) is 6.95. The summed E-state index contributed by atoms with van der Waals surface area (Å²) in [7, 11) is 0.533. The standard InChI is InChI=1S/C15H26NOSi.3CH3.Ti/c1-10-9-13-11-7-5-6-8-12(11)15(14(13)17-10)18(3,4)16-2;;;;/h9,11-15H,5-8H2,1-4H3;3*1H3;/q4*-1;+4. The van der Waals surface area contributed by atoms with Crippen LogP contribution in [0.2, 0.25) is 18.6 Å². The van der Waals surface area contributed by atoms with Crippen molar-refractivity contribution in [2.24, 2.45) is 17.8 Å². The number of fused-ring (bicyclic) bond motifs is 3. The number of allylic oxidation sites excluding steroid dienone is 1. The van der Waals surface area contributed by atoms with Gasteiger partial charge in [0.15, 0.2) is 0 Å². The van der Waals surface area contributed by atoms with E-state index in [9.17, 15) is 0 Å². The first kappa shape index (κ1) is 24.7. The van der Waals surface area contributed by atoms with Crippen molar-refractivity contribution in [2.45, 2.75) is 57.3 Å². The molecule has 1 aliphatic heterocycles. The van der Waals surface area contributed by atoms with Crippen LogP contribution in [-0.4, -0.2) is 21.4 Å². The Morgan fingerprint density at radius 3 is 2.18 bits per heavy atom. The molecule has 4 heteroatoms. The van der Waals surface area contributed by atoms with Gasteiger partial charge in [-0.15, -0.1) is 0 Å². The first-order chi connectivity index (χ1) is 8.54. The zero-order valence-electron chi connectivity index (χ0n) is 15.6. The molecule has 2 nitrogen and oxygen atoms in total. The largest absolute Gasteiger partial charge is 4.00 e. The van der Waals surface area contributed by atoms with Crippen molar-refractivity contribution in [3.8, 4) is 0 Å². The summed E-state index contributed by atoms with van der Waals surface area (Å²) in [5, 5.41) is 0. The third-order valence-electron chi connectivity index (χ3n) is 5.71. The minimum Gasteiger partial charge on any atom is -0.667 e. The van der Waals surface area contributed by atoms with Gasteiger partial charge in [-0.25, -0.2) is 0 Å². The number of hydrogen-bond donors (Lipinski definition) is 0. The van der Waals surface area contributed by atoms with Crippen molar-refractivity contribution in [3.63, 3.8) is 0 Å². The van der Waals surface area contributed by atoms with E-state index >= 15 is 0 Å². The van der Waals surface area contributed by atoms with Crippen LogP contribution in [0.1, 0.15) is 32.6 Å². The molecule has 0 N–H and O–H groups in total. The fourth-order valence-electron chi connectivity index (χ4n) is 4.81. The van der Waals surface area contributed by atoms with Crippen LogP contribution in [0, 0.1) is 40.0 Å². The Morgan fingerprint density at radius 1 is 1.09 bits per heavy atom. The summed E-state index contributed by atoms with van der Waals surface area (Å²) in [6.45, 7) is 7.00. The minimum atomic E-state index is -1.50. The van der Waals surface area contributed by atoms with Crippen molar-refractivity contribution < 1.29 is 26.5 Å². The molecular formula is C18H35NOSiTi. The van der Waals surface area contributed by atoms with Crippen molar-refractivity contribution in [1.82, 2.24) is 0 Å². The molecule has 0 aromatic heterocycles. The zero-order chi connectivity index (χ0) is 12.9. The third-order valence-corrected chi connectivity index (χ3v) is 9.25. The first-order valence-electron chi connectivity index (χ1n) is 7.50. The van der Waals surface area contributed by atoms with Gasteiger partial charge in [-0.3, -0.25) is 0 Å². The van der Waals surface area contributed by atoms with E-state index in [4.69, 9.17) is 9.72 Å². The SMILES string of the molecule is C[N-][Si](C)(C)C1C2CCCCC2C2C=C(C)OC21.[CH3-].[CH3-].[CH3-].[Ti+4]. The molecule has 3 aliphatic rings. The van der Waals surface area contributed by atoms with Gasteiger partial charge in [0.05, 0.1) is 5.76 Å². The Bertz CT molecular complexity index is 372. The number of rotatable bonds is 2. The average Bonchev–Trinajstić information content (AvgIpc) is 2.84. The smallest absolute Gasteiger partial charge is 0.667 e. The molecule has 0 aromatic carbocycles. The maximum Gasteiger partial charge on any atom is 4.00 e. The molecule has 0 amide bonds. The van der Waals surface area contributed by atoms with Gasteiger partial charge in [0, 0.05) is 5.92 Å². The maximum absolute atomic E-state index is 6.21. The first-order valence-corrected chi connectivity index (χ1v) is 10.5. The molecule has 0 bridgehead atoms. The fourth-order valence-corrected chi connectivity index (χ4v) is 7.66. The van der Waals surface area contributed by atoms with E-state index in [1.165, 1.54) is 31.4 Å². The summed E-state index contributed by atoms with van der Waals surface area (Å²) >= 11 is 0. The fraction of sp³-hybridized carbons (Fsp3) is 0.722. The zero-order valence-corrected chi connectivity index (χ0v) is 18.2. The Labute approximate surface area is 155 Å². The van der Waals surface area contributed by atoms with Gasteiger partial charge in [0.1, 0.15) is 6.10 Å². The van der Waals surface area contributed by atoms with Crippen LogP contribution in [0.3, 0.4) is 0 Å². The molecule has 0 aromatic rings. The Hall–Kier alpha value is 0.431. The van der Waals surface area contributed by atoms with Gasteiger partial charge in [-0.1, -0.05) is 40.6 Å². The molecule has 0 saturated heterocycles. The van der Waals surface area contributed by atoms with Crippen molar-refractivity contribution >= 4 is 8.24 Å². The van der Waals surface area contributed by atoms with E-state index in [0.717, 1.165) is 17.4 Å². The Balaban J connectivity index is 0. The van der Waals surface area contributed by atoms with E-state index in [1.807, 2.05) is 7.05 Å². The van der Waals surface area contributed by atoms with Gasteiger partial charge in [0.25, 0.3) is 0 Å². The second kappa shape index (κ2) is 9.06. The molecule has 2 fully saturated rings. The van der Waals surface area contributed by atoms with E-state index in [2.05, 4.69) is 26.1 Å². The minimum absolute atomic E-state index is 0. The summed E-state index contributed by atoms with van der Waals surface area (Å²) in [6, 6.07) is 0. The second-order valence-corrected chi connectivity index (χ2v) is 11.4. The molecule has 5 unspecified atom stereocenters. The predicted octanol–water partition coefficient (Wildman–Crippen LogP) is 5.65. The van der Waals surface area contributed by atoms with Gasteiger partial charge in [0.2, 0.25) is 0 Å². The van der Waals surface area contributed by atoms with E-state index in [0.29, 0.717) is 12.0 Å². The van der Waals surface area contributed by atoms with Gasteiger partial charge < -0.3 is 32.0 Å². The molecule has 2 aliphatic carbocycles. The van der Waals surface area contributed by atoms with Gasteiger partial charge in [-0.2, -0.15) is 7.05 Å². The topological polar surface area (TPSA) is 23.3 Å².